The molecule has 17 heteroatoms. The van der Waals surface area contributed by atoms with E-state index in [1.54, 1.807) is 53.2 Å². The number of nitrogens with one attached hydrogen (secondary N) is 4. The lowest BCUT2D eigenvalue weighted by atomic mass is 9.96. The first-order valence-corrected chi connectivity index (χ1v) is 25.0. The molecule has 6 atom stereocenters. The van der Waals surface area contributed by atoms with Crippen LogP contribution in [0.1, 0.15) is 82.6 Å². The van der Waals surface area contributed by atoms with E-state index in [9.17, 15) is 24.0 Å². The van der Waals surface area contributed by atoms with Crippen molar-refractivity contribution in [3.63, 3.8) is 0 Å². The summed E-state index contributed by atoms with van der Waals surface area (Å²) >= 11 is 12.5. The summed E-state index contributed by atoms with van der Waals surface area (Å²) in [5.41, 5.74) is 4.97. The second-order valence-electron chi connectivity index (χ2n) is 20.0. The van der Waals surface area contributed by atoms with Gasteiger partial charge in [0.1, 0.15) is 35.0 Å². The van der Waals surface area contributed by atoms with Gasteiger partial charge in [0.15, 0.2) is 0 Å². The summed E-state index contributed by atoms with van der Waals surface area (Å²) in [6.45, 7) is 9.69. The lowest BCUT2D eigenvalue weighted by Gasteiger charge is -2.28. The lowest BCUT2D eigenvalue weighted by molar-refractivity contribution is -0.131. The molecule has 71 heavy (non-hydrogen) atoms. The summed E-state index contributed by atoms with van der Waals surface area (Å²) in [6.07, 6.45) is 11.5. The molecule has 0 spiro atoms. The molecule has 8 rings (SSSR count). The number of aromatic nitrogens is 4. The number of pyridine rings is 2. The Morgan fingerprint density at radius 3 is 1.65 bits per heavy atom. The zero-order chi connectivity index (χ0) is 51.0. The van der Waals surface area contributed by atoms with Crippen LogP contribution in [0.25, 0.3) is 22.1 Å². The van der Waals surface area contributed by atoms with Crippen LogP contribution in [0.5, 0.6) is 0 Å². The van der Waals surface area contributed by atoms with Gasteiger partial charge in [0, 0.05) is 75.2 Å². The second-order valence-corrected chi connectivity index (χ2v) is 20.8. The van der Waals surface area contributed by atoms with Crippen LogP contribution in [0.2, 0.25) is 10.0 Å². The lowest BCUT2D eigenvalue weighted by Crippen LogP contribution is -2.52. The number of fused-ring (bicyclic) bond motifs is 2. The number of likely N-dealkylation sites (tertiary alicyclic amines) is 1. The third-order valence-corrected chi connectivity index (χ3v) is 13.6. The van der Waals surface area contributed by atoms with Crippen molar-refractivity contribution in [1.82, 2.24) is 45.3 Å². The quantitative estimate of drug-likeness (QED) is 0.0842. The maximum absolute atomic E-state index is 13.3. The Bertz CT molecular complexity index is 2850. The van der Waals surface area contributed by atoms with Gasteiger partial charge < -0.3 is 35.1 Å². The number of rotatable bonds is 14. The van der Waals surface area contributed by atoms with Crippen LogP contribution in [-0.4, -0.2) is 84.0 Å². The fraction of sp³-hybridized carbons (Fsp3) is 0.426. The first kappa shape index (κ1) is 52.4. The molecule has 4 aromatic heterocycles. The highest BCUT2D eigenvalue weighted by Crippen LogP contribution is 2.34. The summed E-state index contributed by atoms with van der Waals surface area (Å²) in [4.78, 5) is 74.7. The molecule has 1 aliphatic carbocycles. The number of benzene rings is 2. The van der Waals surface area contributed by atoms with Gasteiger partial charge in [-0.2, -0.15) is 0 Å². The molecule has 2 aliphatic rings. The molecule has 1 saturated carbocycles. The van der Waals surface area contributed by atoms with Crippen LogP contribution >= 0.6 is 23.2 Å². The molecule has 0 radical (unpaired) electrons. The largest absolute Gasteiger partial charge is 0.444 e. The van der Waals surface area contributed by atoms with E-state index in [0.717, 1.165) is 70.9 Å². The van der Waals surface area contributed by atoms with Gasteiger partial charge in [0.2, 0.25) is 23.6 Å². The molecule has 15 nitrogen and oxygen atoms in total. The van der Waals surface area contributed by atoms with E-state index in [0.29, 0.717) is 35.5 Å². The van der Waals surface area contributed by atoms with Crippen LogP contribution in [0.3, 0.4) is 0 Å². The number of carbonyl (C=O) groups is 5. The van der Waals surface area contributed by atoms with Crippen LogP contribution in [0, 0.1) is 17.8 Å². The molecule has 5 heterocycles. The smallest absolute Gasteiger partial charge is 0.410 e. The standard InChI is InChI=1S/C29H36ClN5O4.C25H29ClN4O2/c1-18(26(36)32-15-21-12-22-23(30)17-34(5)25(22)31-14-21)33-27(37)24-13-20(11-19-9-7-6-8-10-19)16-35(24)28(38)39-29(2,3)4;1-16(24(31)28-14-19-12-21-22(26)15-30(2)23(21)27-13-19)29-25(32)20-9-8-18(11-20)10-17-6-4-3-5-7-17/h6-10,12,14,17-18,20,24H,11,13,15-16H2,1-5H3,(H,32,36)(H,33,37);3-7,12-13,15-16,18,20H,8-11,14H2,1-2H3,(H,28,31)(H,29,32)/t18-,20-,24+;16-,18-,20+/m00/s1. The molecule has 1 aliphatic heterocycles. The van der Waals surface area contributed by atoms with Crippen LogP contribution < -0.4 is 21.3 Å². The molecule has 2 aromatic carbocycles. The van der Waals surface area contributed by atoms with Crippen molar-refractivity contribution in [3.05, 3.63) is 130 Å². The highest BCUT2D eigenvalue weighted by atomic mass is 35.5. The van der Waals surface area contributed by atoms with Gasteiger partial charge in [0.05, 0.1) is 10.0 Å². The molecule has 6 aromatic rings. The van der Waals surface area contributed by atoms with Gasteiger partial charge in [-0.25, -0.2) is 14.8 Å². The summed E-state index contributed by atoms with van der Waals surface area (Å²) in [7, 11) is 3.76. The minimum absolute atomic E-state index is 0.0224. The third-order valence-electron chi connectivity index (χ3n) is 13.0. The SMILES string of the molecule is C[C@H](NC(=O)[C@@H]1CC[C@@H](Cc2ccccc2)C1)C(=O)NCc1cnc2c(c1)c(Cl)cn2C.C[C@H](NC(=O)[C@H]1C[C@H](Cc2ccccc2)CN1C(=O)OC(C)(C)C)C(=O)NCc1cnc2c(c1)c(Cl)cn2C. The topological polar surface area (TPSA) is 182 Å². The molecule has 0 unspecified atom stereocenters. The third kappa shape index (κ3) is 13.9. The number of aryl methyl sites for hydroxylation is 2. The Kier molecular flexibility index (Phi) is 17.1. The van der Waals surface area contributed by atoms with Crippen molar-refractivity contribution in [2.24, 2.45) is 31.8 Å². The second kappa shape index (κ2) is 23.2. The molecule has 0 bridgehead atoms. The first-order valence-electron chi connectivity index (χ1n) is 24.2. The summed E-state index contributed by atoms with van der Waals surface area (Å²) in [5.74, 6) is -0.371. The van der Waals surface area contributed by atoms with Gasteiger partial charge in [-0.15, -0.1) is 0 Å². The minimum atomic E-state index is -0.803. The number of hydrogen-bond donors (Lipinski definition) is 4. The minimum Gasteiger partial charge on any atom is -0.444 e. The Hall–Kier alpha value is -6.45. The van der Waals surface area contributed by atoms with E-state index in [-0.39, 0.29) is 42.0 Å². The fourth-order valence-corrected chi connectivity index (χ4v) is 9.97. The summed E-state index contributed by atoms with van der Waals surface area (Å²) < 4.78 is 9.30. The predicted molar refractivity (Wildman–Crippen MR) is 276 cm³/mol. The van der Waals surface area contributed by atoms with Gasteiger partial charge in [-0.3, -0.25) is 24.1 Å². The zero-order valence-electron chi connectivity index (χ0n) is 41.5. The first-order chi connectivity index (χ1) is 33.8. The zero-order valence-corrected chi connectivity index (χ0v) is 43.0. The van der Waals surface area contributed by atoms with E-state index >= 15 is 0 Å². The van der Waals surface area contributed by atoms with Crippen LogP contribution in [0.15, 0.2) is 97.6 Å². The number of ether oxygens (including phenoxy) is 1. The average molecular weight is 1010 g/mol. The number of carbonyl (C=O) groups excluding carboxylic acids is 5. The number of nitrogens with zero attached hydrogens (tertiary/aromatic N) is 5. The molecular weight excluding hydrogens is 942 g/mol. The van der Waals surface area contributed by atoms with Crippen molar-refractivity contribution in [2.75, 3.05) is 6.54 Å². The molecular formula is C54H65Cl2N9O6. The van der Waals surface area contributed by atoms with Crippen molar-refractivity contribution < 1.29 is 28.7 Å². The molecule has 2 fully saturated rings. The molecule has 4 N–H and O–H groups in total. The summed E-state index contributed by atoms with van der Waals surface area (Å²) in [5, 5.41) is 14.3. The van der Waals surface area contributed by atoms with E-state index in [1.165, 1.54) is 10.5 Å². The van der Waals surface area contributed by atoms with Crippen LogP contribution in [-0.2, 0) is 63.9 Å². The Balaban J connectivity index is 0.000000213. The Morgan fingerprint density at radius 2 is 1.15 bits per heavy atom. The van der Waals surface area contributed by atoms with Gasteiger partial charge in [0.25, 0.3) is 0 Å². The van der Waals surface area contributed by atoms with Gasteiger partial charge in [-0.05, 0) is 119 Å². The monoisotopic (exact) mass is 1010 g/mol. The van der Waals surface area contributed by atoms with E-state index in [1.807, 2.05) is 78.0 Å². The normalized spacial score (nSPS) is 18.6. The summed E-state index contributed by atoms with van der Waals surface area (Å²) in [6, 6.07) is 22.1. The fourth-order valence-electron chi connectivity index (χ4n) is 9.40. The van der Waals surface area contributed by atoms with Crippen molar-refractivity contribution >= 4 is 75.0 Å². The number of halogens is 2. The highest BCUT2D eigenvalue weighted by Gasteiger charge is 2.42. The molecule has 376 valence electrons. The van der Waals surface area contributed by atoms with Gasteiger partial charge in [-0.1, -0.05) is 83.9 Å². The van der Waals surface area contributed by atoms with Crippen molar-refractivity contribution in [2.45, 2.75) is 110 Å². The van der Waals surface area contributed by atoms with Gasteiger partial charge >= 0.3 is 6.09 Å². The van der Waals surface area contributed by atoms with Crippen molar-refractivity contribution in [1.29, 1.82) is 0 Å². The van der Waals surface area contributed by atoms with E-state index in [4.69, 9.17) is 27.9 Å². The average Bonchev–Trinajstić information content (AvgIpc) is 4.12. The predicted octanol–water partition coefficient (Wildman–Crippen LogP) is 8.22. The van der Waals surface area contributed by atoms with Crippen LogP contribution in [0.4, 0.5) is 4.79 Å². The van der Waals surface area contributed by atoms with E-state index in [2.05, 4.69) is 55.5 Å². The maximum Gasteiger partial charge on any atom is 0.410 e. The number of hydrogen-bond acceptors (Lipinski definition) is 8. The highest BCUT2D eigenvalue weighted by molar-refractivity contribution is 6.35. The van der Waals surface area contributed by atoms with Crippen molar-refractivity contribution in [3.8, 4) is 0 Å². The Morgan fingerprint density at radius 1 is 0.676 bits per heavy atom. The van der Waals surface area contributed by atoms with E-state index < -0.39 is 29.8 Å². The Labute approximate surface area is 425 Å². The molecule has 1 saturated heterocycles. The number of amides is 5. The maximum atomic E-state index is 13.3. The molecule has 5 amide bonds.